The fraction of sp³-hybridized carbons (Fsp3) is 0.231. The van der Waals surface area contributed by atoms with E-state index in [-0.39, 0.29) is 6.04 Å². The van der Waals surface area contributed by atoms with Gasteiger partial charge in [-0.1, -0.05) is 17.7 Å². The van der Waals surface area contributed by atoms with Crippen LogP contribution in [0, 0.1) is 10.5 Å². The molecule has 1 nitrogen and oxygen atoms in total. The van der Waals surface area contributed by atoms with E-state index in [0.29, 0.717) is 0 Å². The molecule has 1 N–H and O–H groups in total. The zero-order valence-corrected chi connectivity index (χ0v) is 13.4. The second kappa shape index (κ2) is 5.59. The van der Waals surface area contributed by atoms with Crippen LogP contribution < -0.4 is 5.32 Å². The van der Waals surface area contributed by atoms with Crippen LogP contribution in [-0.2, 0) is 0 Å². The van der Waals surface area contributed by atoms with Crippen molar-refractivity contribution in [2.75, 3.05) is 5.32 Å². The zero-order valence-electron chi connectivity index (χ0n) is 9.63. The summed E-state index contributed by atoms with van der Waals surface area (Å²) < 4.78 is 2.08. The van der Waals surface area contributed by atoms with E-state index in [1.807, 2.05) is 6.07 Å². The Kier molecular flexibility index (Phi) is 4.33. The maximum Gasteiger partial charge on any atom is 0.0932 e. The number of hydrogen-bond acceptors (Lipinski definition) is 2. The molecule has 0 aliphatic heterocycles. The van der Waals surface area contributed by atoms with Gasteiger partial charge in [-0.15, -0.1) is 11.3 Å². The molecule has 0 saturated carbocycles. The SMILES string of the molecule is Cc1ccc(I)cc1NC(C)c1ccc(Cl)s1. The molecular weight excluding hydrogens is 365 g/mol. The molecule has 1 aromatic carbocycles. The number of rotatable bonds is 3. The summed E-state index contributed by atoms with van der Waals surface area (Å²) in [6, 6.07) is 10.7. The second-order valence-electron chi connectivity index (χ2n) is 3.97. The number of hydrogen-bond donors (Lipinski definition) is 1. The lowest BCUT2D eigenvalue weighted by Gasteiger charge is -2.16. The number of benzene rings is 1. The molecule has 0 aliphatic carbocycles. The van der Waals surface area contributed by atoms with Crippen molar-refractivity contribution < 1.29 is 0 Å². The topological polar surface area (TPSA) is 12.0 Å². The van der Waals surface area contributed by atoms with Crippen molar-refractivity contribution in [2.45, 2.75) is 19.9 Å². The molecule has 2 rings (SSSR count). The summed E-state index contributed by atoms with van der Waals surface area (Å²) >= 11 is 9.91. The van der Waals surface area contributed by atoms with E-state index in [1.165, 1.54) is 19.7 Å². The van der Waals surface area contributed by atoms with E-state index in [9.17, 15) is 0 Å². The number of thiophene rings is 1. The molecule has 1 unspecified atom stereocenters. The van der Waals surface area contributed by atoms with Gasteiger partial charge in [0.15, 0.2) is 0 Å². The lowest BCUT2D eigenvalue weighted by Crippen LogP contribution is -2.06. The van der Waals surface area contributed by atoms with Gasteiger partial charge in [0.05, 0.1) is 10.4 Å². The average molecular weight is 378 g/mol. The number of halogens is 2. The van der Waals surface area contributed by atoms with Crippen LogP contribution in [0.2, 0.25) is 4.34 Å². The third-order valence-corrected chi connectivity index (χ3v) is 4.68. The Labute approximate surface area is 124 Å². The van der Waals surface area contributed by atoms with Crippen LogP contribution in [0.25, 0.3) is 0 Å². The lowest BCUT2D eigenvalue weighted by atomic mass is 10.2. The molecule has 0 saturated heterocycles. The molecule has 1 atom stereocenters. The predicted molar refractivity (Wildman–Crippen MR) is 85.3 cm³/mol. The van der Waals surface area contributed by atoms with Gasteiger partial charge < -0.3 is 5.32 Å². The molecule has 1 heterocycles. The van der Waals surface area contributed by atoms with Crippen molar-refractivity contribution >= 4 is 51.2 Å². The Hall–Kier alpha value is -0.260. The van der Waals surface area contributed by atoms with Crippen molar-refractivity contribution in [3.05, 3.63) is 48.7 Å². The highest BCUT2D eigenvalue weighted by molar-refractivity contribution is 14.1. The largest absolute Gasteiger partial charge is 0.377 e. The Morgan fingerprint density at radius 1 is 1.29 bits per heavy atom. The molecule has 2 aromatic rings. The maximum absolute atomic E-state index is 5.95. The summed E-state index contributed by atoms with van der Waals surface area (Å²) in [6.45, 7) is 4.27. The fourth-order valence-corrected chi connectivity index (χ4v) is 3.17. The van der Waals surface area contributed by atoms with E-state index in [1.54, 1.807) is 11.3 Å². The van der Waals surface area contributed by atoms with Crippen molar-refractivity contribution in [3.63, 3.8) is 0 Å². The summed E-state index contributed by atoms with van der Waals surface area (Å²) in [7, 11) is 0. The van der Waals surface area contributed by atoms with Crippen LogP contribution in [0.5, 0.6) is 0 Å². The minimum atomic E-state index is 0.282. The van der Waals surface area contributed by atoms with Gasteiger partial charge in [-0.3, -0.25) is 0 Å². The molecule has 90 valence electrons. The highest BCUT2D eigenvalue weighted by atomic mass is 127. The highest BCUT2D eigenvalue weighted by Crippen LogP contribution is 2.30. The monoisotopic (exact) mass is 377 g/mol. The number of anilines is 1. The predicted octanol–water partition coefficient (Wildman–Crippen LogP) is 5.49. The minimum absolute atomic E-state index is 0.282. The summed E-state index contributed by atoms with van der Waals surface area (Å²) in [5.41, 5.74) is 2.45. The summed E-state index contributed by atoms with van der Waals surface area (Å²) in [5, 5.41) is 3.53. The van der Waals surface area contributed by atoms with Crippen LogP contribution in [-0.4, -0.2) is 0 Å². The molecule has 0 spiro atoms. The van der Waals surface area contributed by atoms with E-state index in [4.69, 9.17) is 11.6 Å². The van der Waals surface area contributed by atoms with E-state index in [0.717, 1.165) is 4.34 Å². The molecular formula is C13H13ClINS. The van der Waals surface area contributed by atoms with Crippen molar-refractivity contribution in [1.82, 2.24) is 0 Å². The van der Waals surface area contributed by atoms with Crippen LogP contribution >= 0.6 is 45.5 Å². The summed E-state index contributed by atoms with van der Waals surface area (Å²) in [5.74, 6) is 0. The average Bonchev–Trinajstić information content (AvgIpc) is 2.70. The molecule has 1 aromatic heterocycles. The van der Waals surface area contributed by atoms with Gasteiger partial charge in [-0.2, -0.15) is 0 Å². The van der Waals surface area contributed by atoms with Gasteiger partial charge in [-0.05, 0) is 66.3 Å². The van der Waals surface area contributed by atoms with Gasteiger partial charge in [0, 0.05) is 14.1 Å². The van der Waals surface area contributed by atoms with Gasteiger partial charge in [0.1, 0.15) is 0 Å². The molecule has 0 radical (unpaired) electrons. The van der Waals surface area contributed by atoms with Crippen molar-refractivity contribution in [2.24, 2.45) is 0 Å². The van der Waals surface area contributed by atoms with E-state index < -0.39 is 0 Å². The van der Waals surface area contributed by atoms with E-state index >= 15 is 0 Å². The summed E-state index contributed by atoms with van der Waals surface area (Å²) in [6.07, 6.45) is 0. The number of nitrogens with one attached hydrogen (secondary N) is 1. The molecule has 17 heavy (non-hydrogen) atoms. The van der Waals surface area contributed by atoms with Crippen LogP contribution in [0.3, 0.4) is 0 Å². The minimum Gasteiger partial charge on any atom is -0.377 e. The maximum atomic E-state index is 5.95. The number of aryl methyl sites for hydroxylation is 1. The standard InChI is InChI=1S/C13H13ClINS/c1-8-3-4-10(15)7-11(8)16-9(2)12-5-6-13(14)17-12/h3-7,9,16H,1-2H3. The Morgan fingerprint density at radius 3 is 2.71 bits per heavy atom. The van der Waals surface area contributed by atoms with Crippen LogP contribution in [0.4, 0.5) is 5.69 Å². The van der Waals surface area contributed by atoms with Gasteiger partial charge in [0.25, 0.3) is 0 Å². The van der Waals surface area contributed by atoms with Gasteiger partial charge in [-0.25, -0.2) is 0 Å². The Morgan fingerprint density at radius 2 is 2.06 bits per heavy atom. The van der Waals surface area contributed by atoms with Crippen LogP contribution in [0.15, 0.2) is 30.3 Å². The lowest BCUT2D eigenvalue weighted by molar-refractivity contribution is 0.905. The smallest absolute Gasteiger partial charge is 0.0932 e. The van der Waals surface area contributed by atoms with Crippen LogP contribution in [0.1, 0.15) is 23.4 Å². The molecule has 0 fully saturated rings. The second-order valence-corrected chi connectivity index (χ2v) is 6.96. The first kappa shape index (κ1) is 13.2. The first-order valence-electron chi connectivity index (χ1n) is 5.34. The van der Waals surface area contributed by atoms with E-state index in [2.05, 4.69) is 66.0 Å². The Balaban J connectivity index is 2.18. The quantitative estimate of drug-likeness (QED) is 0.698. The fourth-order valence-electron chi connectivity index (χ4n) is 1.62. The highest BCUT2D eigenvalue weighted by Gasteiger charge is 2.09. The first-order valence-corrected chi connectivity index (χ1v) is 7.61. The third-order valence-electron chi connectivity index (χ3n) is 2.59. The van der Waals surface area contributed by atoms with Gasteiger partial charge >= 0.3 is 0 Å². The zero-order chi connectivity index (χ0) is 12.4. The Bertz CT molecular complexity index is 524. The molecule has 0 amide bonds. The third kappa shape index (κ3) is 3.36. The van der Waals surface area contributed by atoms with Crippen molar-refractivity contribution in [1.29, 1.82) is 0 Å². The molecule has 4 heteroatoms. The van der Waals surface area contributed by atoms with Gasteiger partial charge in [0.2, 0.25) is 0 Å². The summed E-state index contributed by atoms with van der Waals surface area (Å²) in [4.78, 5) is 1.26. The van der Waals surface area contributed by atoms with Crippen molar-refractivity contribution in [3.8, 4) is 0 Å². The normalized spacial score (nSPS) is 12.5. The molecule has 0 aliphatic rings. The first-order chi connectivity index (χ1) is 8.06. The molecule has 0 bridgehead atoms.